The number of nitrogens with zero attached hydrogens (tertiary/aromatic N) is 1. The molecule has 78 valence electrons. The SMILES string of the molecule is CC(C)c1cncc(CC(C)(C)O)c1. The molecule has 0 radical (unpaired) electrons. The monoisotopic (exact) mass is 193 g/mol. The van der Waals surface area contributed by atoms with E-state index in [1.54, 1.807) is 0 Å². The van der Waals surface area contributed by atoms with Crippen molar-refractivity contribution in [3.05, 3.63) is 29.6 Å². The number of aromatic nitrogens is 1. The van der Waals surface area contributed by atoms with Crippen molar-refractivity contribution in [2.45, 2.75) is 45.6 Å². The Hall–Kier alpha value is -0.890. The summed E-state index contributed by atoms with van der Waals surface area (Å²) < 4.78 is 0. The Labute approximate surface area is 86.0 Å². The van der Waals surface area contributed by atoms with Crippen molar-refractivity contribution in [2.24, 2.45) is 0 Å². The largest absolute Gasteiger partial charge is 0.390 e. The quantitative estimate of drug-likeness (QED) is 0.800. The Morgan fingerprint density at radius 1 is 1.36 bits per heavy atom. The van der Waals surface area contributed by atoms with Gasteiger partial charge in [0.25, 0.3) is 0 Å². The fourth-order valence-electron chi connectivity index (χ4n) is 1.42. The topological polar surface area (TPSA) is 33.1 Å². The van der Waals surface area contributed by atoms with Gasteiger partial charge >= 0.3 is 0 Å². The molecule has 0 atom stereocenters. The Kier molecular flexibility index (Phi) is 3.27. The molecule has 14 heavy (non-hydrogen) atoms. The Bertz CT molecular complexity index is 299. The molecule has 2 nitrogen and oxygen atoms in total. The molecule has 0 spiro atoms. The summed E-state index contributed by atoms with van der Waals surface area (Å²) in [5.74, 6) is 0.490. The van der Waals surface area contributed by atoms with Crippen LogP contribution in [0.15, 0.2) is 18.5 Å². The maximum Gasteiger partial charge on any atom is 0.0632 e. The summed E-state index contributed by atoms with van der Waals surface area (Å²) >= 11 is 0. The normalized spacial score (nSPS) is 12.1. The molecule has 2 heteroatoms. The predicted molar refractivity (Wildman–Crippen MR) is 58.3 cm³/mol. The first-order valence-electron chi connectivity index (χ1n) is 5.05. The van der Waals surface area contributed by atoms with Crippen molar-refractivity contribution >= 4 is 0 Å². The highest BCUT2D eigenvalue weighted by atomic mass is 16.3. The Morgan fingerprint density at radius 3 is 2.50 bits per heavy atom. The van der Waals surface area contributed by atoms with Gasteiger partial charge in [0, 0.05) is 18.8 Å². The van der Waals surface area contributed by atoms with Crippen molar-refractivity contribution in [1.82, 2.24) is 4.98 Å². The van der Waals surface area contributed by atoms with Crippen LogP contribution >= 0.6 is 0 Å². The van der Waals surface area contributed by atoms with E-state index in [-0.39, 0.29) is 0 Å². The first kappa shape index (κ1) is 11.2. The molecule has 0 aromatic carbocycles. The lowest BCUT2D eigenvalue weighted by atomic mass is 9.97. The van der Waals surface area contributed by atoms with E-state index in [0.29, 0.717) is 12.3 Å². The lowest BCUT2D eigenvalue weighted by Gasteiger charge is -2.17. The molecule has 1 N–H and O–H groups in total. The third-order valence-corrected chi connectivity index (χ3v) is 2.12. The third kappa shape index (κ3) is 3.46. The average molecular weight is 193 g/mol. The Morgan fingerprint density at radius 2 is 2.00 bits per heavy atom. The van der Waals surface area contributed by atoms with Crippen molar-refractivity contribution in [3.63, 3.8) is 0 Å². The number of pyridine rings is 1. The zero-order valence-electron chi connectivity index (χ0n) is 9.41. The van der Waals surface area contributed by atoms with Crippen LogP contribution in [0, 0.1) is 0 Å². The number of hydrogen-bond acceptors (Lipinski definition) is 2. The first-order valence-corrected chi connectivity index (χ1v) is 5.05. The molecule has 0 aliphatic heterocycles. The maximum absolute atomic E-state index is 9.67. The maximum atomic E-state index is 9.67. The molecule has 1 heterocycles. The number of hydrogen-bond donors (Lipinski definition) is 1. The second kappa shape index (κ2) is 4.09. The van der Waals surface area contributed by atoms with Crippen molar-refractivity contribution in [1.29, 1.82) is 0 Å². The summed E-state index contributed by atoms with van der Waals surface area (Å²) in [5, 5.41) is 9.67. The highest BCUT2D eigenvalue weighted by Crippen LogP contribution is 2.17. The lowest BCUT2D eigenvalue weighted by molar-refractivity contribution is 0.0809. The van der Waals surface area contributed by atoms with Gasteiger partial charge in [0.2, 0.25) is 0 Å². The molecule has 0 amide bonds. The number of aliphatic hydroxyl groups is 1. The third-order valence-electron chi connectivity index (χ3n) is 2.12. The van der Waals surface area contributed by atoms with Gasteiger partial charge in [-0.3, -0.25) is 4.98 Å². The van der Waals surface area contributed by atoms with E-state index in [9.17, 15) is 5.11 Å². The molecule has 0 unspecified atom stereocenters. The van der Waals surface area contributed by atoms with E-state index in [4.69, 9.17) is 0 Å². The van der Waals surface area contributed by atoms with Crippen molar-refractivity contribution in [2.75, 3.05) is 0 Å². The molecule has 0 fully saturated rings. The van der Waals surface area contributed by atoms with Crippen LogP contribution in [0.25, 0.3) is 0 Å². The molecule has 1 rings (SSSR count). The summed E-state index contributed by atoms with van der Waals surface area (Å²) in [7, 11) is 0. The highest BCUT2D eigenvalue weighted by Gasteiger charge is 2.14. The molecular formula is C12H19NO. The minimum atomic E-state index is -0.655. The van der Waals surface area contributed by atoms with Gasteiger partial charge in [-0.2, -0.15) is 0 Å². The fraction of sp³-hybridized carbons (Fsp3) is 0.583. The fourth-order valence-corrected chi connectivity index (χ4v) is 1.42. The van der Waals surface area contributed by atoms with Crippen molar-refractivity contribution in [3.8, 4) is 0 Å². The van der Waals surface area contributed by atoms with E-state index in [1.165, 1.54) is 5.56 Å². The number of rotatable bonds is 3. The molecule has 1 aromatic heterocycles. The van der Waals surface area contributed by atoms with Crippen LogP contribution < -0.4 is 0 Å². The van der Waals surface area contributed by atoms with Crippen molar-refractivity contribution < 1.29 is 5.11 Å². The Balaban J connectivity index is 2.84. The first-order chi connectivity index (χ1) is 6.38. The van der Waals surface area contributed by atoms with Gasteiger partial charge in [0.1, 0.15) is 0 Å². The lowest BCUT2D eigenvalue weighted by Crippen LogP contribution is -2.22. The van der Waals surface area contributed by atoms with E-state index in [2.05, 4.69) is 24.9 Å². The average Bonchev–Trinajstić information content (AvgIpc) is 2.01. The molecule has 1 aromatic rings. The second-order valence-electron chi connectivity index (χ2n) is 4.77. The van der Waals surface area contributed by atoms with Crippen LogP contribution in [0.3, 0.4) is 0 Å². The minimum absolute atomic E-state index is 0.490. The van der Waals surface area contributed by atoms with Gasteiger partial charge in [-0.05, 0) is 30.9 Å². The van der Waals surface area contributed by atoms with E-state index in [0.717, 1.165) is 5.56 Å². The van der Waals surface area contributed by atoms with Gasteiger partial charge in [0.15, 0.2) is 0 Å². The molecule has 0 aliphatic rings. The van der Waals surface area contributed by atoms with Gasteiger partial charge in [-0.15, -0.1) is 0 Å². The van der Waals surface area contributed by atoms with Gasteiger partial charge in [-0.1, -0.05) is 19.9 Å². The summed E-state index contributed by atoms with van der Waals surface area (Å²) in [6.45, 7) is 7.92. The summed E-state index contributed by atoms with van der Waals surface area (Å²) in [6, 6.07) is 2.12. The van der Waals surface area contributed by atoms with E-state index in [1.807, 2.05) is 26.2 Å². The van der Waals surface area contributed by atoms with Crippen LogP contribution in [0.2, 0.25) is 0 Å². The molecule has 0 bridgehead atoms. The van der Waals surface area contributed by atoms with Gasteiger partial charge in [0.05, 0.1) is 5.60 Å². The zero-order chi connectivity index (χ0) is 10.8. The predicted octanol–water partition coefficient (Wildman–Crippen LogP) is 2.52. The molecule has 0 saturated heterocycles. The standard InChI is InChI=1S/C12H19NO/c1-9(2)11-5-10(7-13-8-11)6-12(3,4)14/h5,7-9,14H,6H2,1-4H3. The van der Waals surface area contributed by atoms with Crippen LogP contribution in [0.4, 0.5) is 0 Å². The smallest absolute Gasteiger partial charge is 0.0632 e. The van der Waals surface area contributed by atoms with Gasteiger partial charge in [-0.25, -0.2) is 0 Å². The molecule has 0 aliphatic carbocycles. The highest BCUT2D eigenvalue weighted by molar-refractivity contribution is 5.21. The van der Waals surface area contributed by atoms with E-state index < -0.39 is 5.60 Å². The van der Waals surface area contributed by atoms with Crippen LogP contribution in [-0.4, -0.2) is 15.7 Å². The van der Waals surface area contributed by atoms with Crippen LogP contribution in [0.5, 0.6) is 0 Å². The molecular weight excluding hydrogens is 174 g/mol. The summed E-state index contributed by atoms with van der Waals surface area (Å²) in [6.07, 6.45) is 4.36. The second-order valence-corrected chi connectivity index (χ2v) is 4.77. The van der Waals surface area contributed by atoms with Crippen LogP contribution in [-0.2, 0) is 6.42 Å². The zero-order valence-corrected chi connectivity index (χ0v) is 9.41. The molecule has 0 saturated carbocycles. The van der Waals surface area contributed by atoms with Gasteiger partial charge < -0.3 is 5.11 Å². The minimum Gasteiger partial charge on any atom is -0.390 e. The summed E-state index contributed by atoms with van der Waals surface area (Å²) in [4.78, 5) is 4.18. The summed E-state index contributed by atoms with van der Waals surface area (Å²) in [5.41, 5.74) is 1.67. The van der Waals surface area contributed by atoms with E-state index >= 15 is 0 Å². The van der Waals surface area contributed by atoms with Crippen LogP contribution in [0.1, 0.15) is 44.7 Å².